The molecule has 7 heteroatoms. The van der Waals surface area contributed by atoms with Gasteiger partial charge in [0.05, 0.1) is 5.75 Å². The SMILES string of the molecule is CCNC(=O)C(Cc1ccccc1)N(Cc1cccc(Br)c1)C(=O)CSCc1ccc(Cl)cc1. The Kier molecular flexibility index (Phi) is 10.5. The molecule has 0 fully saturated rings. The van der Waals surface area contributed by atoms with Crippen molar-refractivity contribution in [2.45, 2.75) is 31.7 Å². The number of rotatable bonds is 11. The van der Waals surface area contributed by atoms with E-state index in [2.05, 4.69) is 21.2 Å². The molecular weight excluding hydrogens is 532 g/mol. The van der Waals surface area contributed by atoms with Gasteiger partial charge in [0, 0.05) is 34.8 Å². The van der Waals surface area contributed by atoms with E-state index in [1.54, 1.807) is 4.90 Å². The van der Waals surface area contributed by atoms with Gasteiger partial charge in [0.1, 0.15) is 6.04 Å². The third-order valence-electron chi connectivity index (χ3n) is 5.27. The molecule has 0 radical (unpaired) electrons. The fraction of sp³-hybridized carbons (Fsp3) is 0.259. The zero-order valence-electron chi connectivity index (χ0n) is 19.0. The number of thioether (sulfide) groups is 1. The standard InChI is InChI=1S/C27H28BrClN2O2S/c1-2-30-27(33)25(16-20-7-4-3-5-8-20)31(17-22-9-6-10-23(28)15-22)26(32)19-34-18-21-11-13-24(29)14-12-21/h3-15,25H,2,16-19H2,1H3,(H,30,33). The molecule has 0 aliphatic carbocycles. The Morgan fingerprint density at radius 2 is 1.68 bits per heavy atom. The maximum atomic E-state index is 13.5. The van der Waals surface area contributed by atoms with Crippen molar-refractivity contribution < 1.29 is 9.59 Å². The smallest absolute Gasteiger partial charge is 0.243 e. The zero-order valence-corrected chi connectivity index (χ0v) is 22.2. The largest absolute Gasteiger partial charge is 0.355 e. The Morgan fingerprint density at radius 3 is 2.35 bits per heavy atom. The number of benzene rings is 3. The lowest BCUT2D eigenvalue weighted by atomic mass is 10.0. The number of hydrogen-bond acceptors (Lipinski definition) is 3. The van der Waals surface area contributed by atoms with Crippen molar-refractivity contribution in [1.29, 1.82) is 0 Å². The summed E-state index contributed by atoms with van der Waals surface area (Å²) in [7, 11) is 0. The number of carbonyl (C=O) groups excluding carboxylic acids is 2. The molecule has 178 valence electrons. The minimum absolute atomic E-state index is 0.0638. The lowest BCUT2D eigenvalue weighted by Crippen LogP contribution is -2.51. The van der Waals surface area contributed by atoms with Gasteiger partial charge >= 0.3 is 0 Å². The molecule has 0 saturated heterocycles. The lowest BCUT2D eigenvalue weighted by Gasteiger charge is -2.31. The molecule has 4 nitrogen and oxygen atoms in total. The van der Waals surface area contributed by atoms with Gasteiger partial charge in [-0.05, 0) is 47.9 Å². The molecule has 0 aliphatic rings. The summed E-state index contributed by atoms with van der Waals surface area (Å²) in [4.78, 5) is 28.4. The average Bonchev–Trinajstić information content (AvgIpc) is 2.83. The molecular formula is C27H28BrClN2O2S. The molecule has 0 aromatic heterocycles. The van der Waals surface area contributed by atoms with Crippen molar-refractivity contribution in [3.8, 4) is 0 Å². The highest BCUT2D eigenvalue weighted by molar-refractivity contribution is 9.10. The molecule has 3 aromatic carbocycles. The molecule has 1 unspecified atom stereocenters. The summed E-state index contributed by atoms with van der Waals surface area (Å²) >= 11 is 11.0. The molecule has 0 aliphatic heterocycles. The van der Waals surface area contributed by atoms with Crippen LogP contribution in [-0.2, 0) is 28.3 Å². The first-order chi connectivity index (χ1) is 16.5. The Morgan fingerprint density at radius 1 is 0.971 bits per heavy atom. The van der Waals surface area contributed by atoms with E-state index in [9.17, 15) is 9.59 Å². The Labute approximate surface area is 219 Å². The van der Waals surface area contributed by atoms with Crippen molar-refractivity contribution in [2.75, 3.05) is 12.3 Å². The Balaban J connectivity index is 1.81. The molecule has 3 rings (SSSR count). The molecule has 1 atom stereocenters. The fourth-order valence-electron chi connectivity index (χ4n) is 3.60. The minimum atomic E-state index is -0.607. The number of carbonyl (C=O) groups is 2. The van der Waals surface area contributed by atoms with Gasteiger partial charge in [-0.2, -0.15) is 0 Å². The average molecular weight is 560 g/mol. The second-order valence-corrected chi connectivity index (χ2v) is 10.2. The summed E-state index contributed by atoms with van der Waals surface area (Å²) in [6.07, 6.45) is 0.453. The van der Waals surface area contributed by atoms with Gasteiger partial charge in [-0.1, -0.05) is 82.1 Å². The maximum absolute atomic E-state index is 13.5. The van der Waals surface area contributed by atoms with Crippen LogP contribution in [0.15, 0.2) is 83.3 Å². The van der Waals surface area contributed by atoms with Crippen LogP contribution >= 0.6 is 39.3 Å². The van der Waals surface area contributed by atoms with Crippen molar-refractivity contribution in [3.05, 3.63) is 105 Å². The van der Waals surface area contributed by atoms with Gasteiger partial charge < -0.3 is 10.2 Å². The normalized spacial score (nSPS) is 11.6. The van der Waals surface area contributed by atoms with Gasteiger partial charge in [0.15, 0.2) is 0 Å². The lowest BCUT2D eigenvalue weighted by molar-refractivity contribution is -0.139. The van der Waals surface area contributed by atoms with Crippen molar-refractivity contribution >= 4 is 51.1 Å². The van der Waals surface area contributed by atoms with E-state index >= 15 is 0 Å². The number of halogens is 2. The molecule has 0 heterocycles. The quantitative estimate of drug-likeness (QED) is 0.308. The predicted molar refractivity (Wildman–Crippen MR) is 145 cm³/mol. The highest BCUT2D eigenvalue weighted by Gasteiger charge is 2.30. The molecule has 0 spiro atoms. The van der Waals surface area contributed by atoms with E-state index in [1.807, 2.05) is 85.8 Å². The zero-order chi connectivity index (χ0) is 24.3. The van der Waals surface area contributed by atoms with Gasteiger partial charge in [-0.15, -0.1) is 11.8 Å². The molecule has 34 heavy (non-hydrogen) atoms. The van der Waals surface area contributed by atoms with E-state index < -0.39 is 6.04 Å². The Bertz CT molecular complexity index is 1080. The first-order valence-electron chi connectivity index (χ1n) is 11.1. The van der Waals surface area contributed by atoms with Crippen LogP contribution in [0.2, 0.25) is 5.02 Å². The van der Waals surface area contributed by atoms with Crippen molar-refractivity contribution in [1.82, 2.24) is 10.2 Å². The first kappa shape index (κ1) is 26.3. The third-order valence-corrected chi connectivity index (χ3v) is 7.01. The van der Waals surface area contributed by atoms with Gasteiger partial charge in [-0.3, -0.25) is 9.59 Å². The van der Waals surface area contributed by atoms with Crippen LogP contribution < -0.4 is 5.32 Å². The molecule has 2 amide bonds. The summed E-state index contributed by atoms with van der Waals surface area (Å²) in [6.45, 7) is 2.75. The summed E-state index contributed by atoms with van der Waals surface area (Å²) < 4.78 is 0.937. The summed E-state index contributed by atoms with van der Waals surface area (Å²) in [6, 6.07) is 24.7. The molecule has 1 N–H and O–H groups in total. The topological polar surface area (TPSA) is 49.4 Å². The fourth-order valence-corrected chi connectivity index (χ4v) is 5.04. The Hall–Kier alpha value is -2.28. The van der Waals surface area contributed by atoms with Gasteiger partial charge in [0.2, 0.25) is 11.8 Å². The number of hydrogen-bond donors (Lipinski definition) is 1. The molecule has 0 bridgehead atoms. The van der Waals surface area contributed by atoms with E-state index in [-0.39, 0.29) is 17.6 Å². The number of nitrogens with one attached hydrogen (secondary N) is 1. The number of likely N-dealkylation sites (N-methyl/N-ethyl adjacent to an activating group) is 1. The van der Waals surface area contributed by atoms with Crippen molar-refractivity contribution in [3.63, 3.8) is 0 Å². The van der Waals surface area contributed by atoms with E-state index in [0.29, 0.717) is 30.3 Å². The summed E-state index contributed by atoms with van der Waals surface area (Å²) in [5, 5.41) is 3.61. The maximum Gasteiger partial charge on any atom is 0.243 e. The van der Waals surface area contributed by atoms with Crippen LogP contribution in [0.25, 0.3) is 0 Å². The van der Waals surface area contributed by atoms with Crippen LogP contribution in [0.1, 0.15) is 23.6 Å². The molecule has 0 saturated carbocycles. The van der Waals surface area contributed by atoms with E-state index in [0.717, 1.165) is 21.2 Å². The van der Waals surface area contributed by atoms with Crippen LogP contribution in [0.4, 0.5) is 0 Å². The first-order valence-corrected chi connectivity index (χ1v) is 13.5. The van der Waals surface area contributed by atoms with Gasteiger partial charge in [0.25, 0.3) is 0 Å². The van der Waals surface area contributed by atoms with Crippen LogP contribution in [0.3, 0.4) is 0 Å². The minimum Gasteiger partial charge on any atom is -0.355 e. The van der Waals surface area contributed by atoms with E-state index in [1.165, 1.54) is 11.8 Å². The highest BCUT2D eigenvalue weighted by Crippen LogP contribution is 2.21. The van der Waals surface area contributed by atoms with Crippen molar-refractivity contribution in [2.24, 2.45) is 0 Å². The number of nitrogens with zero attached hydrogens (tertiary/aromatic N) is 1. The monoisotopic (exact) mass is 558 g/mol. The van der Waals surface area contributed by atoms with Crippen LogP contribution in [0, 0.1) is 0 Å². The van der Waals surface area contributed by atoms with E-state index in [4.69, 9.17) is 11.6 Å². The summed E-state index contributed by atoms with van der Waals surface area (Å²) in [5.74, 6) is 0.767. The third kappa shape index (κ3) is 8.19. The highest BCUT2D eigenvalue weighted by atomic mass is 79.9. The second kappa shape index (κ2) is 13.6. The number of amides is 2. The second-order valence-electron chi connectivity index (χ2n) is 7.87. The predicted octanol–water partition coefficient (Wildman–Crippen LogP) is 6.11. The van der Waals surface area contributed by atoms with Crippen LogP contribution in [0.5, 0.6) is 0 Å². The summed E-state index contributed by atoms with van der Waals surface area (Å²) in [5.41, 5.74) is 3.08. The molecule has 3 aromatic rings. The van der Waals surface area contributed by atoms with Gasteiger partial charge in [-0.25, -0.2) is 0 Å². The van der Waals surface area contributed by atoms with Crippen LogP contribution in [-0.4, -0.2) is 35.1 Å².